The minimum atomic E-state index is -0.929. The number of benzene rings is 2. The van der Waals surface area contributed by atoms with Gasteiger partial charge in [0.05, 0.1) is 30.1 Å². The molecule has 0 saturated heterocycles. The Morgan fingerprint density at radius 2 is 2.00 bits per heavy atom. The largest absolute Gasteiger partial charge is 0.497 e. The predicted molar refractivity (Wildman–Crippen MR) is 91.2 cm³/mol. The van der Waals surface area contributed by atoms with Gasteiger partial charge in [0.1, 0.15) is 5.75 Å². The van der Waals surface area contributed by atoms with E-state index in [1.165, 1.54) is 0 Å². The standard InChI is InChI=1S/C19H16N2O3/c1-24-12-8-9-16-15(11-12)20-18(17-7-4-10-21(16)17)13-5-2-3-6-14(13)19(22)23/h2-11,18,20H,1H3,(H,22,23)/t18-/m1/s1. The van der Waals surface area contributed by atoms with E-state index < -0.39 is 5.97 Å². The van der Waals surface area contributed by atoms with Gasteiger partial charge in [-0.3, -0.25) is 0 Å². The Balaban J connectivity index is 1.89. The molecular formula is C19H16N2O3. The van der Waals surface area contributed by atoms with Gasteiger partial charge in [-0.25, -0.2) is 4.79 Å². The molecule has 2 heterocycles. The molecule has 1 aromatic heterocycles. The molecular weight excluding hydrogens is 304 g/mol. The molecule has 0 amide bonds. The Labute approximate surface area is 139 Å². The van der Waals surface area contributed by atoms with Gasteiger partial charge in [-0.15, -0.1) is 0 Å². The SMILES string of the molecule is COc1ccc2c(c1)N[C@H](c1ccccc1C(=O)O)c1cccn1-2. The van der Waals surface area contributed by atoms with Crippen LogP contribution in [0.2, 0.25) is 0 Å². The zero-order valence-electron chi connectivity index (χ0n) is 13.1. The average molecular weight is 320 g/mol. The topological polar surface area (TPSA) is 63.5 Å². The summed E-state index contributed by atoms with van der Waals surface area (Å²) >= 11 is 0. The van der Waals surface area contributed by atoms with Crippen molar-refractivity contribution in [2.45, 2.75) is 6.04 Å². The molecule has 5 nitrogen and oxygen atoms in total. The van der Waals surface area contributed by atoms with E-state index in [1.807, 2.05) is 48.7 Å². The molecule has 24 heavy (non-hydrogen) atoms. The number of fused-ring (bicyclic) bond motifs is 3. The number of anilines is 1. The van der Waals surface area contributed by atoms with Gasteiger partial charge in [0.2, 0.25) is 0 Å². The normalized spacial score (nSPS) is 15.1. The average Bonchev–Trinajstić information content (AvgIpc) is 3.10. The number of ether oxygens (including phenoxy) is 1. The summed E-state index contributed by atoms with van der Waals surface area (Å²) in [7, 11) is 1.63. The second-order valence-corrected chi connectivity index (χ2v) is 5.66. The maximum Gasteiger partial charge on any atom is 0.336 e. The first-order chi connectivity index (χ1) is 11.7. The molecule has 1 atom stereocenters. The molecule has 120 valence electrons. The molecule has 1 aliphatic rings. The second kappa shape index (κ2) is 5.45. The molecule has 1 aliphatic heterocycles. The number of carboxylic acids is 1. The maximum absolute atomic E-state index is 11.6. The van der Waals surface area contributed by atoms with E-state index in [2.05, 4.69) is 9.88 Å². The number of rotatable bonds is 3. The lowest BCUT2D eigenvalue weighted by Crippen LogP contribution is -2.23. The highest BCUT2D eigenvalue weighted by Crippen LogP contribution is 2.39. The van der Waals surface area contributed by atoms with Crippen molar-refractivity contribution in [2.75, 3.05) is 12.4 Å². The minimum absolute atomic E-state index is 0.244. The van der Waals surface area contributed by atoms with Crippen LogP contribution < -0.4 is 10.1 Å². The van der Waals surface area contributed by atoms with Crippen LogP contribution in [0.5, 0.6) is 5.75 Å². The summed E-state index contributed by atoms with van der Waals surface area (Å²) in [4.78, 5) is 11.6. The van der Waals surface area contributed by atoms with Crippen LogP contribution in [-0.2, 0) is 0 Å². The van der Waals surface area contributed by atoms with Gasteiger partial charge in [0.15, 0.2) is 0 Å². The van der Waals surface area contributed by atoms with Gasteiger partial charge in [0, 0.05) is 18.0 Å². The smallest absolute Gasteiger partial charge is 0.336 e. The predicted octanol–water partition coefficient (Wildman–Crippen LogP) is 3.70. The number of methoxy groups -OCH3 is 1. The van der Waals surface area contributed by atoms with Crippen LogP contribution in [0.15, 0.2) is 60.8 Å². The first-order valence-electron chi connectivity index (χ1n) is 7.63. The molecule has 0 saturated carbocycles. The lowest BCUT2D eigenvalue weighted by molar-refractivity contribution is 0.0695. The van der Waals surface area contributed by atoms with Crippen molar-refractivity contribution >= 4 is 11.7 Å². The van der Waals surface area contributed by atoms with Gasteiger partial charge in [0.25, 0.3) is 0 Å². The molecule has 0 spiro atoms. The summed E-state index contributed by atoms with van der Waals surface area (Å²) < 4.78 is 7.39. The zero-order valence-corrected chi connectivity index (χ0v) is 13.1. The van der Waals surface area contributed by atoms with Crippen molar-refractivity contribution in [1.29, 1.82) is 0 Å². The summed E-state index contributed by atoms with van der Waals surface area (Å²) in [6.07, 6.45) is 1.98. The van der Waals surface area contributed by atoms with Crippen LogP contribution >= 0.6 is 0 Å². The van der Waals surface area contributed by atoms with Crippen molar-refractivity contribution in [3.63, 3.8) is 0 Å². The molecule has 0 fully saturated rings. The molecule has 2 aromatic carbocycles. The van der Waals surface area contributed by atoms with Crippen molar-refractivity contribution in [2.24, 2.45) is 0 Å². The van der Waals surface area contributed by atoms with Crippen molar-refractivity contribution in [1.82, 2.24) is 4.57 Å². The lowest BCUT2D eigenvalue weighted by Gasteiger charge is -2.30. The first-order valence-corrected chi connectivity index (χ1v) is 7.63. The summed E-state index contributed by atoms with van der Waals surface area (Å²) in [5.41, 5.74) is 3.96. The monoisotopic (exact) mass is 320 g/mol. The van der Waals surface area contributed by atoms with E-state index in [4.69, 9.17) is 4.74 Å². The number of nitrogens with zero attached hydrogens (tertiary/aromatic N) is 1. The molecule has 5 heteroatoms. The molecule has 3 aromatic rings. The Morgan fingerprint density at radius 1 is 1.17 bits per heavy atom. The van der Waals surface area contributed by atoms with E-state index in [1.54, 1.807) is 19.2 Å². The molecule has 0 bridgehead atoms. The van der Waals surface area contributed by atoms with E-state index in [0.717, 1.165) is 28.4 Å². The quantitative estimate of drug-likeness (QED) is 0.772. The third kappa shape index (κ3) is 2.13. The zero-order chi connectivity index (χ0) is 16.7. The fourth-order valence-corrected chi connectivity index (χ4v) is 3.23. The van der Waals surface area contributed by atoms with Gasteiger partial charge in [-0.2, -0.15) is 0 Å². The highest BCUT2D eigenvalue weighted by atomic mass is 16.5. The number of carbonyl (C=O) groups is 1. The molecule has 0 radical (unpaired) electrons. The summed E-state index contributed by atoms with van der Waals surface area (Å²) in [6, 6.07) is 16.6. The lowest BCUT2D eigenvalue weighted by atomic mass is 9.95. The molecule has 2 N–H and O–H groups in total. The Morgan fingerprint density at radius 3 is 2.79 bits per heavy atom. The Bertz CT molecular complexity index is 930. The summed E-state index contributed by atoms with van der Waals surface area (Å²) in [6.45, 7) is 0. The highest BCUT2D eigenvalue weighted by molar-refractivity contribution is 5.90. The fourth-order valence-electron chi connectivity index (χ4n) is 3.23. The van der Waals surface area contributed by atoms with Crippen LogP contribution in [0, 0.1) is 0 Å². The number of aromatic carboxylic acids is 1. The van der Waals surface area contributed by atoms with E-state index in [-0.39, 0.29) is 6.04 Å². The summed E-state index contributed by atoms with van der Waals surface area (Å²) in [5.74, 6) is -0.177. The van der Waals surface area contributed by atoms with Crippen LogP contribution in [-0.4, -0.2) is 22.8 Å². The van der Waals surface area contributed by atoms with E-state index in [0.29, 0.717) is 5.56 Å². The van der Waals surface area contributed by atoms with Gasteiger partial charge < -0.3 is 19.7 Å². The van der Waals surface area contributed by atoms with Crippen LogP contribution in [0.1, 0.15) is 27.7 Å². The Kier molecular flexibility index (Phi) is 3.27. The Hall–Kier alpha value is -3.21. The van der Waals surface area contributed by atoms with Crippen LogP contribution in [0.3, 0.4) is 0 Å². The molecule has 0 unspecified atom stereocenters. The molecule has 4 rings (SSSR count). The maximum atomic E-state index is 11.6. The molecule has 0 aliphatic carbocycles. The van der Waals surface area contributed by atoms with Crippen molar-refractivity contribution in [3.8, 4) is 11.4 Å². The number of aromatic nitrogens is 1. The van der Waals surface area contributed by atoms with Gasteiger partial charge in [-0.05, 0) is 35.9 Å². The summed E-state index contributed by atoms with van der Waals surface area (Å²) in [5, 5.41) is 13.0. The van der Waals surface area contributed by atoms with Gasteiger partial charge in [-0.1, -0.05) is 18.2 Å². The minimum Gasteiger partial charge on any atom is -0.497 e. The van der Waals surface area contributed by atoms with Crippen LogP contribution in [0.25, 0.3) is 5.69 Å². The van der Waals surface area contributed by atoms with Gasteiger partial charge >= 0.3 is 5.97 Å². The van der Waals surface area contributed by atoms with Crippen molar-refractivity contribution < 1.29 is 14.6 Å². The van der Waals surface area contributed by atoms with E-state index in [9.17, 15) is 9.90 Å². The fraction of sp³-hybridized carbons (Fsp3) is 0.105. The number of carboxylic acid groups (broad SMARTS) is 1. The highest BCUT2D eigenvalue weighted by Gasteiger charge is 2.28. The first kappa shape index (κ1) is 14.4. The van der Waals surface area contributed by atoms with E-state index >= 15 is 0 Å². The third-order valence-corrected chi connectivity index (χ3v) is 4.34. The second-order valence-electron chi connectivity index (χ2n) is 5.66. The van der Waals surface area contributed by atoms with Crippen LogP contribution in [0.4, 0.5) is 5.69 Å². The number of hydrogen-bond acceptors (Lipinski definition) is 3. The number of nitrogens with one attached hydrogen (secondary N) is 1. The third-order valence-electron chi connectivity index (χ3n) is 4.34. The number of hydrogen-bond donors (Lipinski definition) is 2. The van der Waals surface area contributed by atoms with Crippen molar-refractivity contribution in [3.05, 3.63) is 77.6 Å².